The summed E-state index contributed by atoms with van der Waals surface area (Å²) in [6.07, 6.45) is -0.308. The van der Waals surface area contributed by atoms with E-state index in [0.717, 1.165) is 23.1 Å². The van der Waals surface area contributed by atoms with Gasteiger partial charge in [0.15, 0.2) is 0 Å². The molecule has 2 aromatic rings. The fraction of sp³-hybridized carbons (Fsp3) is 0.438. The van der Waals surface area contributed by atoms with Gasteiger partial charge in [0.05, 0.1) is 17.7 Å². The van der Waals surface area contributed by atoms with Crippen molar-refractivity contribution in [3.8, 4) is 0 Å². The summed E-state index contributed by atoms with van der Waals surface area (Å²) in [7, 11) is 4.04. The van der Waals surface area contributed by atoms with E-state index in [4.69, 9.17) is 0 Å². The molecule has 3 rings (SSSR count). The smallest absolute Gasteiger partial charge is 0.0886 e. The molecule has 1 saturated heterocycles. The van der Waals surface area contributed by atoms with Gasteiger partial charge < -0.3 is 14.9 Å². The van der Waals surface area contributed by atoms with Crippen molar-refractivity contribution in [3.05, 3.63) is 36.0 Å². The maximum atomic E-state index is 10.2. The number of hydrogen-bond acceptors (Lipinski definition) is 4. The number of benzene rings is 1. The molecular weight excluding hydrogens is 250 g/mol. The van der Waals surface area contributed by atoms with E-state index in [9.17, 15) is 5.11 Å². The molecule has 2 heterocycles. The van der Waals surface area contributed by atoms with Crippen molar-refractivity contribution >= 4 is 16.6 Å². The number of aliphatic hydroxyl groups is 1. The number of likely N-dealkylation sites (N-methyl/N-ethyl adjacent to an activating group) is 1. The average Bonchev–Trinajstić information content (AvgIpc) is 2.80. The molecule has 1 aromatic heterocycles. The highest BCUT2D eigenvalue weighted by atomic mass is 16.3. The predicted molar refractivity (Wildman–Crippen MR) is 82.2 cm³/mol. The zero-order chi connectivity index (χ0) is 14.3. The molecule has 20 heavy (non-hydrogen) atoms. The van der Waals surface area contributed by atoms with Crippen LogP contribution in [-0.2, 0) is 0 Å². The highest BCUT2D eigenvalue weighted by Crippen LogP contribution is 2.30. The van der Waals surface area contributed by atoms with Crippen LogP contribution in [0.4, 0.5) is 5.69 Å². The van der Waals surface area contributed by atoms with Crippen molar-refractivity contribution in [1.82, 2.24) is 9.88 Å². The van der Waals surface area contributed by atoms with Gasteiger partial charge in [-0.05, 0) is 33.2 Å². The maximum Gasteiger partial charge on any atom is 0.0886 e. The highest BCUT2D eigenvalue weighted by Gasteiger charge is 2.33. The number of aliphatic hydroxyl groups excluding tert-OH is 1. The Balaban J connectivity index is 2.03. The lowest BCUT2D eigenvalue weighted by molar-refractivity contribution is 0.114. The topological polar surface area (TPSA) is 39.6 Å². The Bertz CT molecular complexity index is 626. The van der Waals surface area contributed by atoms with Crippen LogP contribution in [0, 0.1) is 6.92 Å². The van der Waals surface area contributed by atoms with Crippen LogP contribution >= 0.6 is 0 Å². The lowest BCUT2D eigenvalue weighted by Crippen LogP contribution is -2.38. The van der Waals surface area contributed by atoms with Crippen LogP contribution in [0.15, 0.2) is 30.3 Å². The largest absolute Gasteiger partial charge is 0.390 e. The second kappa shape index (κ2) is 5.04. The average molecular weight is 271 g/mol. The molecule has 1 aromatic carbocycles. The first-order valence-corrected chi connectivity index (χ1v) is 7.02. The normalized spacial score (nSPS) is 22.9. The van der Waals surface area contributed by atoms with Crippen LogP contribution in [-0.4, -0.2) is 54.3 Å². The van der Waals surface area contributed by atoms with Crippen molar-refractivity contribution < 1.29 is 5.11 Å². The van der Waals surface area contributed by atoms with Gasteiger partial charge in [-0.15, -0.1) is 0 Å². The molecule has 1 fully saturated rings. The Morgan fingerprint density at radius 3 is 2.70 bits per heavy atom. The van der Waals surface area contributed by atoms with Gasteiger partial charge in [0.1, 0.15) is 0 Å². The fourth-order valence-corrected chi connectivity index (χ4v) is 3.02. The van der Waals surface area contributed by atoms with Gasteiger partial charge in [-0.3, -0.25) is 4.98 Å². The monoisotopic (exact) mass is 271 g/mol. The molecular formula is C16H21N3O. The zero-order valence-corrected chi connectivity index (χ0v) is 12.2. The van der Waals surface area contributed by atoms with Gasteiger partial charge in [0.25, 0.3) is 0 Å². The SMILES string of the molecule is Cc1cc(N2C[C@H](O)[C@@H](N(C)C)C2)c2ccccc2n1. The molecule has 1 aliphatic heterocycles. The lowest BCUT2D eigenvalue weighted by atomic mass is 10.1. The van der Waals surface area contributed by atoms with Gasteiger partial charge >= 0.3 is 0 Å². The molecule has 0 spiro atoms. The van der Waals surface area contributed by atoms with Crippen molar-refractivity contribution in [3.63, 3.8) is 0 Å². The first kappa shape index (κ1) is 13.3. The van der Waals surface area contributed by atoms with E-state index in [1.165, 1.54) is 5.69 Å². The summed E-state index contributed by atoms with van der Waals surface area (Å²) in [5, 5.41) is 11.4. The number of nitrogens with zero attached hydrogens (tertiary/aromatic N) is 3. The zero-order valence-electron chi connectivity index (χ0n) is 12.2. The van der Waals surface area contributed by atoms with Crippen LogP contribution in [0.1, 0.15) is 5.69 Å². The molecule has 1 aliphatic rings. The van der Waals surface area contributed by atoms with Crippen LogP contribution in [0.25, 0.3) is 10.9 Å². The number of aryl methyl sites for hydroxylation is 1. The number of anilines is 1. The van der Waals surface area contributed by atoms with E-state index < -0.39 is 0 Å². The number of para-hydroxylation sites is 1. The molecule has 4 nitrogen and oxygen atoms in total. The van der Waals surface area contributed by atoms with Crippen molar-refractivity contribution in [2.24, 2.45) is 0 Å². The summed E-state index contributed by atoms with van der Waals surface area (Å²) >= 11 is 0. The van der Waals surface area contributed by atoms with Gasteiger partial charge in [0, 0.05) is 29.9 Å². The third kappa shape index (κ3) is 2.25. The van der Waals surface area contributed by atoms with Gasteiger partial charge in [-0.25, -0.2) is 0 Å². The summed E-state index contributed by atoms with van der Waals surface area (Å²) in [5.74, 6) is 0. The molecule has 106 valence electrons. The van der Waals surface area contributed by atoms with E-state index in [1.54, 1.807) is 0 Å². The molecule has 2 atom stereocenters. The molecule has 0 saturated carbocycles. The number of pyridine rings is 1. The number of rotatable bonds is 2. The standard InChI is InChI=1S/C16H21N3O/c1-11-8-14(12-6-4-5-7-13(12)17-11)19-9-15(18(2)3)16(20)10-19/h4-8,15-16,20H,9-10H2,1-3H3/t15-,16-/m0/s1. The van der Waals surface area contributed by atoms with Crippen molar-refractivity contribution in [2.45, 2.75) is 19.1 Å². The van der Waals surface area contributed by atoms with Crippen LogP contribution in [0.5, 0.6) is 0 Å². The Hall–Kier alpha value is -1.65. The Kier molecular flexibility index (Phi) is 3.36. The van der Waals surface area contributed by atoms with E-state index in [-0.39, 0.29) is 12.1 Å². The van der Waals surface area contributed by atoms with E-state index >= 15 is 0 Å². The number of aromatic nitrogens is 1. The third-order valence-corrected chi connectivity index (χ3v) is 4.09. The molecule has 0 amide bonds. The van der Waals surface area contributed by atoms with Crippen molar-refractivity contribution in [2.75, 3.05) is 32.1 Å². The van der Waals surface area contributed by atoms with E-state index in [0.29, 0.717) is 6.54 Å². The summed E-state index contributed by atoms with van der Waals surface area (Å²) in [6, 6.07) is 10.5. The molecule has 0 unspecified atom stereocenters. The van der Waals surface area contributed by atoms with Gasteiger partial charge in [0.2, 0.25) is 0 Å². The number of β-amino-alcohol motifs (C(OH)–C–C–N with tert-alkyl or cyclic N) is 1. The second-order valence-corrected chi connectivity index (χ2v) is 5.80. The summed E-state index contributed by atoms with van der Waals surface area (Å²) in [6.45, 7) is 3.55. The molecule has 4 heteroatoms. The molecule has 1 N–H and O–H groups in total. The molecule has 0 radical (unpaired) electrons. The van der Waals surface area contributed by atoms with Gasteiger partial charge in [-0.1, -0.05) is 18.2 Å². The number of fused-ring (bicyclic) bond motifs is 1. The highest BCUT2D eigenvalue weighted by molar-refractivity contribution is 5.92. The third-order valence-electron chi connectivity index (χ3n) is 4.09. The Morgan fingerprint density at radius 2 is 2.00 bits per heavy atom. The van der Waals surface area contributed by atoms with E-state index in [1.807, 2.05) is 39.2 Å². The first-order chi connectivity index (χ1) is 9.56. The summed E-state index contributed by atoms with van der Waals surface area (Å²) in [4.78, 5) is 8.95. The summed E-state index contributed by atoms with van der Waals surface area (Å²) < 4.78 is 0. The maximum absolute atomic E-state index is 10.2. The van der Waals surface area contributed by atoms with Crippen molar-refractivity contribution in [1.29, 1.82) is 0 Å². The minimum atomic E-state index is -0.308. The second-order valence-electron chi connectivity index (χ2n) is 5.80. The predicted octanol–water partition coefficient (Wildman–Crippen LogP) is 1.65. The van der Waals surface area contributed by atoms with Crippen LogP contribution < -0.4 is 4.90 Å². The summed E-state index contributed by atoms with van der Waals surface area (Å²) in [5.41, 5.74) is 3.21. The lowest BCUT2D eigenvalue weighted by Gasteiger charge is -2.23. The van der Waals surface area contributed by atoms with E-state index in [2.05, 4.69) is 26.9 Å². The fourth-order valence-electron chi connectivity index (χ4n) is 3.02. The van der Waals surface area contributed by atoms with Crippen LogP contribution in [0.3, 0.4) is 0 Å². The first-order valence-electron chi connectivity index (χ1n) is 7.02. The quantitative estimate of drug-likeness (QED) is 0.901. The Morgan fingerprint density at radius 1 is 1.25 bits per heavy atom. The van der Waals surface area contributed by atoms with Gasteiger partial charge in [-0.2, -0.15) is 0 Å². The molecule has 0 bridgehead atoms. The minimum absolute atomic E-state index is 0.183. The molecule has 0 aliphatic carbocycles. The number of hydrogen-bond donors (Lipinski definition) is 1. The minimum Gasteiger partial charge on any atom is -0.390 e. The Labute approximate surface area is 119 Å². The van der Waals surface area contributed by atoms with Crippen LogP contribution in [0.2, 0.25) is 0 Å².